The Bertz CT molecular complexity index is 527. The van der Waals surface area contributed by atoms with Crippen LogP contribution in [0.3, 0.4) is 0 Å². The van der Waals surface area contributed by atoms with Crippen molar-refractivity contribution in [2.24, 2.45) is 5.73 Å². The van der Waals surface area contributed by atoms with Gasteiger partial charge in [-0.25, -0.2) is 0 Å². The molecule has 2 amide bonds. The summed E-state index contributed by atoms with van der Waals surface area (Å²) in [5.74, 6) is 0.511. The van der Waals surface area contributed by atoms with E-state index in [9.17, 15) is 9.59 Å². The zero-order valence-corrected chi connectivity index (χ0v) is 13.8. The molecule has 0 heterocycles. The van der Waals surface area contributed by atoms with Gasteiger partial charge in [-0.3, -0.25) is 9.59 Å². The molecule has 122 valence electrons. The van der Waals surface area contributed by atoms with E-state index in [-0.39, 0.29) is 18.2 Å². The first-order chi connectivity index (χ1) is 10.3. The van der Waals surface area contributed by atoms with Crippen LogP contribution in [-0.4, -0.2) is 24.5 Å². The molecule has 0 fully saturated rings. The van der Waals surface area contributed by atoms with E-state index in [0.717, 1.165) is 16.9 Å². The Morgan fingerprint density at radius 2 is 1.95 bits per heavy atom. The van der Waals surface area contributed by atoms with Crippen LogP contribution in [0.1, 0.15) is 50.7 Å². The number of amides is 2. The predicted molar refractivity (Wildman–Crippen MR) is 86.8 cm³/mol. The number of ether oxygens (including phenoxy) is 1. The number of hydrogen-bond acceptors (Lipinski definition) is 3. The number of nitrogens with one attached hydrogen (secondary N) is 1. The molecule has 0 saturated carbocycles. The third kappa shape index (κ3) is 5.76. The number of benzene rings is 1. The van der Waals surface area contributed by atoms with Gasteiger partial charge in [0.2, 0.25) is 5.91 Å². The SMILES string of the molecule is Cc1ccc(C(C)C)c(O[C@@H](C)C(=O)NCCCC(N)=O)c1. The van der Waals surface area contributed by atoms with Gasteiger partial charge in [0.15, 0.2) is 6.10 Å². The summed E-state index contributed by atoms with van der Waals surface area (Å²) in [6.45, 7) is 8.31. The summed E-state index contributed by atoms with van der Waals surface area (Å²) in [7, 11) is 0. The first-order valence-electron chi connectivity index (χ1n) is 7.64. The lowest BCUT2D eigenvalue weighted by molar-refractivity contribution is -0.127. The topological polar surface area (TPSA) is 81.4 Å². The Kier molecular flexibility index (Phi) is 6.89. The molecule has 0 saturated heterocycles. The molecule has 3 N–H and O–H groups in total. The van der Waals surface area contributed by atoms with E-state index >= 15 is 0 Å². The maximum Gasteiger partial charge on any atom is 0.260 e. The fraction of sp³-hybridized carbons (Fsp3) is 0.529. The van der Waals surface area contributed by atoms with Gasteiger partial charge in [0.05, 0.1) is 0 Å². The molecule has 1 aromatic carbocycles. The largest absolute Gasteiger partial charge is 0.481 e. The number of primary amides is 1. The van der Waals surface area contributed by atoms with Gasteiger partial charge in [-0.15, -0.1) is 0 Å². The molecule has 0 aliphatic carbocycles. The molecule has 0 aliphatic heterocycles. The summed E-state index contributed by atoms with van der Waals surface area (Å²) in [5, 5.41) is 2.75. The zero-order valence-electron chi connectivity index (χ0n) is 13.8. The minimum atomic E-state index is -0.590. The molecule has 1 rings (SSSR count). The first kappa shape index (κ1) is 18.0. The van der Waals surface area contributed by atoms with E-state index < -0.39 is 6.10 Å². The van der Waals surface area contributed by atoms with Crippen molar-refractivity contribution in [2.45, 2.75) is 52.6 Å². The molecular weight excluding hydrogens is 280 g/mol. The van der Waals surface area contributed by atoms with E-state index in [2.05, 4.69) is 19.2 Å². The van der Waals surface area contributed by atoms with Crippen LogP contribution in [0.15, 0.2) is 18.2 Å². The van der Waals surface area contributed by atoms with Gasteiger partial charge in [-0.2, -0.15) is 0 Å². The molecule has 0 radical (unpaired) electrons. The van der Waals surface area contributed by atoms with Gasteiger partial charge in [0.25, 0.3) is 5.91 Å². The molecule has 0 unspecified atom stereocenters. The summed E-state index contributed by atoms with van der Waals surface area (Å²) >= 11 is 0. The van der Waals surface area contributed by atoms with E-state index in [0.29, 0.717) is 18.9 Å². The number of rotatable bonds is 8. The van der Waals surface area contributed by atoms with Crippen LogP contribution in [0.25, 0.3) is 0 Å². The van der Waals surface area contributed by atoms with Crippen LogP contribution >= 0.6 is 0 Å². The maximum absolute atomic E-state index is 12.0. The van der Waals surface area contributed by atoms with E-state index in [1.54, 1.807) is 6.92 Å². The molecule has 5 heteroatoms. The molecule has 0 bridgehead atoms. The highest BCUT2D eigenvalue weighted by atomic mass is 16.5. The van der Waals surface area contributed by atoms with E-state index in [1.165, 1.54) is 0 Å². The third-order valence-corrected chi connectivity index (χ3v) is 3.36. The smallest absolute Gasteiger partial charge is 0.260 e. The summed E-state index contributed by atoms with van der Waals surface area (Å²) in [5.41, 5.74) is 7.23. The standard InChI is InChI=1S/C17H26N2O3/c1-11(2)14-8-7-12(3)10-15(14)22-13(4)17(21)19-9-5-6-16(18)20/h7-8,10-11,13H,5-6,9H2,1-4H3,(H2,18,20)(H,19,21)/t13-/m0/s1. The Labute approximate surface area is 132 Å². The maximum atomic E-state index is 12.0. The summed E-state index contributed by atoms with van der Waals surface area (Å²) in [6.07, 6.45) is 0.216. The lowest BCUT2D eigenvalue weighted by Gasteiger charge is -2.19. The minimum absolute atomic E-state index is 0.194. The number of hydrogen-bond donors (Lipinski definition) is 2. The molecular formula is C17H26N2O3. The van der Waals surface area contributed by atoms with Crippen molar-refractivity contribution in [1.29, 1.82) is 0 Å². The summed E-state index contributed by atoms with van der Waals surface area (Å²) in [6, 6.07) is 6.02. The lowest BCUT2D eigenvalue weighted by atomic mass is 10.0. The van der Waals surface area contributed by atoms with Crippen LogP contribution in [-0.2, 0) is 9.59 Å². The second-order valence-electron chi connectivity index (χ2n) is 5.82. The van der Waals surface area contributed by atoms with Gasteiger partial charge in [-0.05, 0) is 43.4 Å². The van der Waals surface area contributed by atoms with Crippen molar-refractivity contribution in [3.63, 3.8) is 0 Å². The van der Waals surface area contributed by atoms with Crippen molar-refractivity contribution in [2.75, 3.05) is 6.54 Å². The van der Waals surface area contributed by atoms with Crippen molar-refractivity contribution in [3.8, 4) is 5.75 Å². The van der Waals surface area contributed by atoms with Crippen LogP contribution in [0, 0.1) is 6.92 Å². The molecule has 1 atom stereocenters. The quantitative estimate of drug-likeness (QED) is 0.723. The number of carbonyl (C=O) groups is 2. The second kappa shape index (κ2) is 8.41. The van der Waals surface area contributed by atoms with Crippen molar-refractivity contribution >= 4 is 11.8 Å². The third-order valence-electron chi connectivity index (χ3n) is 3.36. The lowest BCUT2D eigenvalue weighted by Crippen LogP contribution is -2.37. The van der Waals surface area contributed by atoms with Crippen LogP contribution in [0.2, 0.25) is 0 Å². The molecule has 0 aromatic heterocycles. The van der Waals surface area contributed by atoms with Gasteiger partial charge in [0.1, 0.15) is 5.75 Å². The van der Waals surface area contributed by atoms with Crippen LogP contribution in [0.5, 0.6) is 5.75 Å². The number of aryl methyl sites for hydroxylation is 1. The highest BCUT2D eigenvalue weighted by molar-refractivity contribution is 5.80. The molecule has 1 aromatic rings. The molecule has 0 spiro atoms. The van der Waals surface area contributed by atoms with E-state index in [4.69, 9.17) is 10.5 Å². The van der Waals surface area contributed by atoms with Gasteiger partial charge >= 0.3 is 0 Å². The summed E-state index contributed by atoms with van der Waals surface area (Å²) in [4.78, 5) is 22.6. The Morgan fingerprint density at radius 1 is 1.27 bits per heavy atom. The van der Waals surface area contributed by atoms with Crippen LogP contribution < -0.4 is 15.8 Å². The average Bonchev–Trinajstić information content (AvgIpc) is 2.42. The fourth-order valence-electron chi connectivity index (χ4n) is 2.08. The van der Waals surface area contributed by atoms with Gasteiger partial charge in [0, 0.05) is 13.0 Å². The van der Waals surface area contributed by atoms with Crippen molar-refractivity contribution in [3.05, 3.63) is 29.3 Å². The van der Waals surface area contributed by atoms with Gasteiger partial charge < -0.3 is 15.8 Å². The number of nitrogens with two attached hydrogens (primary N) is 1. The van der Waals surface area contributed by atoms with Crippen molar-refractivity contribution < 1.29 is 14.3 Å². The monoisotopic (exact) mass is 306 g/mol. The minimum Gasteiger partial charge on any atom is -0.481 e. The molecule has 0 aliphatic rings. The van der Waals surface area contributed by atoms with Crippen molar-refractivity contribution in [1.82, 2.24) is 5.32 Å². The normalized spacial score (nSPS) is 12.0. The number of carbonyl (C=O) groups excluding carboxylic acids is 2. The fourth-order valence-corrected chi connectivity index (χ4v) is 2.08. The Balaban J connectivity index is 2.60. The van der Waals surface area contributed by atoms with E-state index in [1.807, 2.05) is 25.1 Å². The summed E-state index contributed by atoms with van der Waals surface area (Å²) < 4.78 is 5.82. The Hall–Kier alpha value is -2.04. The highest BCUT2D eigenvalue weighted by Crippen LogP contribution is 2.28. The van der Waals surface area contributed by atoms with Gasteiger partial charge in [-0.1, -0.05) is 26.0 Å². The first-order valence-corrected chi connectivity index (χ1v) is 7.64. The average molecular weight is 306 g/mol. The predicted octanol–water partition coefficient (Wildman–Crippen LogP) is 2.27. The van der Waals surface area contributed by atoms with Crippen LogP contribution in [0.4, 0.5) is 0 Å². The second-order valence-corrected chi connectivity index (χ2v) is 5.82. The molecule has 5 nitrogen and oxygen atoms in total. The molecule has 22 heavy (non-hydrogen) atoms. The Morgan fingerprint density at radius 3 is 2.55 bits per heavy atom. The zero-order chi connectivity index (χ0) is 16.7. The highest BCUT2D eigenvalue weighted by Gasteiger charge is 2.17.